The summed E-state index contributed by atoms with van der Waals surface area (Å²) in [4.78, 5) is 52.2. The summed E-state index contributed by atoms with van der Waals surface area (Å²) in [6.07, 6.45) is 1.62. The average Bonchev–Trinajstić information content (AvgIpc) is 3.20. The lowest BCUT2D eigenvalue weighted by Crippen LogP contribution is -2.49. The van der Waals surface area contributed by atoms with E-state index in [1.807, 2.05) is 46.2 Å². The van der Waals surface area contributed by atoms with Crippen LogP contribution in [0.3, 0.4) is 0 Å². The van der Waals surface area contributed by atoms with Crippen LogP contribution in [0.5, 0.6) is 0 Å². The summed E-state index contributed by atoms with van der Waals surface area (Å²) in [5, 5.41) is 1.88. The highest BCUT2D eigenvalue weighted by atomic mass is 32.2. The fraction of sp³-hybridized carbons (Fsp3) is 0.348. The highest BCUT2D eigenvalue weighted by Crippen LogP contribution is 2.27. The second kappa shape index (κ2) is 9.82. The lowest BCUT2D eigenvalue weighted by molar-refractivity contribution is -0.115. The van der Waals surface area contributed by atoms with E-state index in [1.165, 1.54) is 0 Å². The first-order valence-corrected chi connectivity index (χ1v) is 11.9. The van der Waals surface area contributed by atoms with Crippen LogP contribution < -0.4 is 15.1 Å². The van der Waals surface area contributed by atoms with Crippen molar-refractivity contribution in [2.45, 2.75) is 0 Å². The third-order valence-electron chi connectivity index (χ3n) is 5.85. The lowest BCUT2D eigenvalue weighted by Gasteiger charge is -2.35. The van der Waals surface area contributed by atoms with E-state index in [0.717, 1.165) is 17.6 Å². The zero-order valence-corrected chi connectivity index (χ0v) is 19.3. The van der Waals surface area contributed by atoms with Gasteiger partial charge in [-0.3, -0.25) is 19.7 Å². The Hall–Kier alpha value is -3.44. The number of benzene rings is 1. The standard InChI is InChI=1S/C23H24N6O4S/c30-20-18(34-23(32)26-20)14-17-15-19(27-10-12-33-13-11-27)25-22(24-17)29-8-6-28(7-9-29)21(31)16-4-2-1-3-5-16/h1-5,14-15H,6-13H2,(H,26,30,32)/b18-14+. The molecule has 1 N–H and O–H groups in total. The van der Waals surface area contributed by atoms with Crippen LogP contribution in [0.15, 0.2) is 41.3 Å². The van der Waals surface area contributed by atoms with Crippen molar-refractivity contribution in [3.63, 3.8) is 0 Å². The number of rotatable bonds is 4. The summed E-state index contributed by atoms with van der Waals surface area (Å²) in [5.41, 5.74) is 1.24. The van der Waals surface area contributed by atoms with Gasteiger partial charge in [0.25, 0.3) is 17.1 Å². The van der Waals surface area contributed by atoms with Gasteiger partial charge in [-0.15, -0.1) is 0 Å². The number of piperazine rings is 1. The molecular weight excluding hydrogens is 456 g/mol. The van der Waals surface area contributed by atoms with E-state index in [0.29, 0.717) is 74.6 Å². The minimum atomic E-state index is -0.420. The molecule has 1 aromatic heterocycles. The summed E-state index contributed by atoms with van der Waals surface area (Å²) in [5.74, 6) is 0.883. The topological polar surface area (TPSA) is 108 Å². The third-order valence-corrected chi connectivity index (χ3v) is 6.66. The number of carbonyl (C=O) groups excluding carboxylic acids is 3. The van der Waals surface area contributed by atoms with Gasteiger partial charge >= 0.3 is 0 Å². The predicted octanol–water partition coefficient (Wildman–Crippen LogP) is 1.60. The fourth-order valence-electron chi connectivity index (χ4n) is 4.04. The fourth-order valence-corrected chi connectivity index (χ4v) is 4.70. The quantitative estimate of drug-likeness (QED) is 0.653. The summed E-state index contributed by atoms with van der Waals surface area (Å²) >= 11 is 0.863. The van der Waals surface area contributed by atoms with E-state index < -0.39 is 11.1 Å². The van der Waals surface area contributed by atoms with Crippen LogP contribution in [0.2, 0.25) is 0 Å². The van der Waals surface area contributed by atoms with Crippen LogP contribution in [0.25, 0.3) is 6.08 Å². The smallest absolute Gasteiger partial charge is 0.290 e. The molecule has 0 bridgehead atoms. The van der Waals surface area contributed by atoms with Crippen molar-refractivity contribution in [1.82, 2.24) is 20.2 Å². The number of carbonyl (C=O) groups is 3. The van der Waals surface area contributed by atoms with Crippen molar-refractivity contribution in [1.29, 1.82) is 0 Å². The maximum absolute atomic E-state index is 12.8. The predicted molar refractivity (Wildman–Crippen MR) is 129 cm³/mol. The largest absolute Gasteiger partial charge is 0.378 e. The van der Waals surface area contributed by atoms with Gasteiger partial charge in [-0.05, 0) is 30.0 Å². The van der Waals surface area contributed by atoms with Gasteiger partial charge in [0.1, 0.15) is 5.82 Å². The Bertz CT molecular complexity index is 1130. The first-order chi connectivity index (χ1) is 16.6. The normalized spacial score (nSPS) is 20.1. The molecule has 0 radical (unpaired) electrons. The molecule has 176 valence electrons. The molecule has 1 aromatic carbocycles. The maximum Gasteiger partial charge on any atom is 0.290 e. The zero-order chi connectivity index (χ0) is 23.5. The second-order valence-corrected chi connectivity index (χ2v) is 9.06. The Morgan fingerprint density at radius 2 is 1.71 bits per heavy atom. The van der Waals surface area contributed by atoms with Crippen LogP contribution in [-0.4, -0.2) is 84.4 Å². The minimum absolute atomic E-state index is 0.0163. The number of imide groups is 1. The maximum atomic E-state index is 12.8. The summed E-state index contributed by atoms with van der Waals surface area (Å²) in [6.45, 7) is 4.94. The number of morpholine rings is 1. The van der Waals surface area contributed by atoms with E-state index in [2.05, 4.69) is 15.2 Å². The molecule has 3 fully saturated rings. The van der Waals surface area contributed by atoms with Crippen molar-refractivity contribution in [3.05, 3.63) is 52.6 Å². The third kappa shape index (κ3) is 4.90. The number of nitrogens with one attached hydrogen (secondary N) is 1. The van der Waals surface area contributed by atoms with E-state index in [1.54, 1.807) is 6.08 Å². The van der Waals surface area contributed by atoms with Gasteiger partial charge in [0, 0.05) is 50.9 Å². The highest BCUT2D eigenvalue weighted by Gasteiger charge is 2.27. The van der Waals surface area contributed by atoms with Crippen LogP contribution in [0.1, 0.15) is 16.1 Å². The number of hydrogen-bond donors (Lipinski definition) is 1. The van der Waals surface area contributed by atoms with Gasteiger partial charge in [-0.25, -0.2) is 4.98 Å². The number of amides is 3. The molecule has 5 rings (SSSR count). The first kappa shape index (κ1) is 22.4. The van der Waals surface area contributed by atoms with Crippen LogP contribution in [0, 0.1) is 0 Å². The SMILES string of the molecule is O=C1NC(=O)/C(=C\c2cc(N3CCOCC3)nc(N3CCN(C(=O)c4ccccc4)CC3)n2)S1. The molecule has 0 atom stereocenters. The number of hydrogen-bond acceptors (Lipinski definition) is 9. The van der Waals surface area contributed by atoms with Gasteiger partial charge in [0.05, 0.1) is 23.8 Å². The molecule has 2 aromatic rings. The van der Waals surface area contributed by atoms with Gasteiger partial charge in [-0.2, -0.15) is 4.98 Å². The Labute approximate surface area is 201 Å². The molecule has 4 heterocycles. The molecule has 10 nitrogen and oxygen atoms in total. The Kier molecular flexibility index (Phi) is 6.45. The first-order valence-electron chi connectivity index (χ1n) is 11.1. The molecule has 3 aliphatic rings. The van der Waals surface area contributed by atoms with Crippen LogP contribution in [-0.2, 0) is 9.53 Å². The number of thioether (sulfide) groups is 1. The molecule has 3 aliphatic heterocycles. The molecular formula is C23H24N6O4S. The molecule has 11 heteroatoms. The van der Waals surface area contributed by atoms with E-state index >= 15 is 0 Å². The molecule has 34 heavy (non-hydrogen) atoms. The Morgan fingerprint density at radius 1 is 0.971 bits per heavy atom. The van der Waals surface area contributed by atoms with Crippen molar-refractivity contribution in [3.8, 4) is 0 Å². The highest BCUT2D eigenvalue weighted by molar-refractivity contribution is 8.18. The molecule has 0 aliphatic carbocycles. The van der Waals surface area contributed by atoms with Gasteiger partial charge < -0.3 is 19.4 Å². The average molecular weight is 481 g/mol. The van der Waals surface area contributed by atoms with Crippen LogP contribution in [0.4, 0.5) is 16.6 Å². The number of aromatic nitrogens is 2. The van der Waals surface area contributed by atoms with E-state index in [-0.39, 0.29) is 5.91 Å². The van der Waals surface area contributed by atoms with Crippen LogP contribution >= 0.6 is 11.8 Å². The van der Waals surface area contributed by atoms with E-state index in [9.17, 15) is 14.4 Å². The van der Waals surface area contributed by atoms with E-state index in [4.69, 9.17) is 9.72 Å². The Morgan fingerprint density at radius 3 is 2.38 bits per heavy atom. The molecule has 0 spiro atoms. The van der Waals surface area contributed by atoms with Crippen molar-refractivity contribution < 1.29 is 19.1 Å². The zero-order valence-electron chi connectivity index (χ0n) is 18.5. The number of nitrogens with zero attached hydrogens (tertiary/aromatic N) is 5. The summed E-state index contributed by atoms with van der Waals surface area (Å²) < 4.78 is 5.46. The molecule has 3 saturated heterocycles. The van der Waals surface area contributed by atoms with Gasteiger partial charge in [-0.1, -0.05) is 18.2 Å². The Balaban J connectivity index is 1.37. The number of anilines is 2. The summed E-state index contributed by atoms with van der Waals surface area (Å²) in [7, 11) is 0. The number of ether oxygens (including phenoxy) is 1. The summed E-state index contributed by atoms with van der Waals surface area (Å²) in [6, 6.07) is 11.1. The molecule has 0 saturated carbocycles. The van der Waals surface area contributed by atoms with Crippen molar-refractivity contribution in [2.24, 2.45) is 0 Å². The molecule has 0 unspecified atom stereocenters. The monoisotopic (exact) mass is 480 g/mol. The second-order valence-electron chi connectivity index (χ2n) is 8.05. The molecule has 3 amide bonds. The van der Waals surface area contributed by atoms with Crippen molar-refractivity contribution in [2.75, 3.05) is 62.3 Å². The van der Waals surface area contributed by atoms with Gasteiger partial charge in [0.15, 0.2) is 0 Å². The van der Waals surface area contributed by atoms with Gasteiger partial charge in [0.2, 0.25) is 5.95 Å². The lowest BCUT2D eigenvalue weighted by atomic mass is 10.2. The minimum Gasteiger partial charge on any atom is -0.378 e. The van der Waals surface area contributed by atoms with Crippen molar-refractivity contribution >= 4 is 46.7 Å².